The number of rotatable bonds is 9. The fourth-order valence-corrected chi connectivity index (χ4v) is 4.85. The van der Waals surface area contributed by atoms with Crippen molar-refractivity contribution in [1.29, 1.82) is 0 Å². The van der Waals surface area contributed by atoms with E-state index < -0.39 is 0 Å². The lowest BCUT2D eigenvalue weighted by Crippen LogP contribution is -2.28. The van der Waals surface area contributed by atoms with Crippen molar-refractivity contribution in [2.24, 2.45) is 0 Å². The van der Waals surface area contributed by atoms with Gasteiger partial charge < -0.3 is 14.8 Å². The molecule has 6 nitrogen and oxygen atoms in total. The van der Waals surface area contributed by atoms with Crippen molar-refractivity contribution in [3.8, 4) is 11.5 Å². The molecule has 0 unspecified atom stereocenters. The number of thioether (sulfide) groups is 1. The summed E-state index contributed by atoms with van der Waals surface area (Å²) >= 11 is 12.6. The minimum atomic E-state index is -0.240. The van der Waals surface area contributed by atoms with Gasteiger partial charge in [0.15, 0.2) is 22.4 Å². The highest BCUT2D eigenvalue weighted by atomic mass is 35.5. The van der Waals surface area contributed by atoms with Gasteiger partial charge in [0.1, 0.15) is 0 Å². The van der Waals surface area contributed by atoms with Crippen molar-refractivity contribution in [1.82, 2.24) is 5.32 Å². The summed E-state index contributed by atoms with van der Waals surface area (Å²) in [5.74, 6) is 0.477. The molecule has 0 aromatic heterocycles. The molecule has 1 aliphatic rings. The van der Waals surface area contributed by atoms with Gasteiger partial charge >= 0.3 is 0 Å². The maximum atomic E-state index is 13.0. The van der Waals surface area contributed by atoms with Crippen LogP contribution in [0.3, 0.4) is 0 Å². The first kappa shape index (κ1) is 25.8. The van der Waals surface area contributed by atoms with Gasteiger partial charge in [-0.1, -0.05) is 72.0 Å². The van der Waals surface area contributed by atoms with Gasteiger partial charge in [0, 0.05) is 11.6 Å². The summed E-state index contributed by atoms with van der Waals surface area (Å²) in [5, 5.41) is 3.41. The van der Waals surface area contributed by atoms with Crippen molar-refractivity contribution in [3.05, 3.63) is 93.9 Å². The van der Waals surface area contributed by atoms with E-state index in [4.69, 9.17) is 33.3 Å². The molecule has 1 fully saturated rings. The van der Waals surface area contributed by atoms with Gasteiger partial charge in [-0.05, 0) is 60.5 Å². The molecule has 184 valence electrons. The maximum Gasteiger partial charge on any atom is 0.270 e. The van der Waals surface area contributed by atoms with Crippen LogP contribution in [0.2, 0.25) is 5.02 Å². The Kier molecular flexibility index (Phi) is 8.64. The van der Waals surface area contributed by atoms with Crippen molar-refractivity contribution in [3.63, 3.8) is 0 Å². The quantitative estimate of drug-likeness (QED) is 0.273. The lowest BCUT2D eigenvalue weighted by molar-refractivity contribution is -0.123. The molecule has 1 aliphatic heterocycles. The number of thiocarbonyl (C=S) groups is 1. The lowest BCUT2D eigenvalue weighted by Gasteiger charge is -2.14. The molecule has 0 aliphatic carbocycles. The van der Waals surface area contributed by atoms with Crippen LogP contribution in [0.5, 0.6) is 11.5 Å². The molecule has 3 aromatic rings. The van der Waals surface area contributed by atoms with Crippen LogP contribution in [0.25, 0.3) is 6.08 Å². The van der Waals surface area contributed by atoms with Crippen LogP contribution in [-0.4, -0.2) is 29.3 Å². The van der Waals surface area contributed by atoms with E-state index >= 15 is 0 Å². The highest BCUT2D eigenvalue weighted by Crippen LogP contribution is 2.37. The van der Waals surface area contributed by atoms with Crippen molar-refractivity contribution < 1.29 is 19.1 Å². The Morgan fingerprint density at radius 1 is 1.06 bits per heavy atom. The number of amides is 2. The van der Waals surface area contributed by atoms with E-state index in [1.807, 2.05) is 37.3 Å². The molecular weight excluding hydrogens is 516 g/mol. The highest BCUT2D eigenvalue weighted by molar-refractivity contribution is 8.27. The van der Waals surface area contributed by atoms with Gasteiger partial charge in [-0.2, -0.15) is 0 Å². The highest BCUT2D eigenvalue weighted by Gasteiger charge is 2.33. The Morgan fingerprint density at radius 2 is 1.81 bits per heavy atom. The fraction of sp³-hybridized carbons (Fsp3) is 0.148. The zero-order valence-electron chi connectivity index (χ0n) is 19.4. The number of anilines is 1. The first-order valence-electron chi connectivity index (χ1n) is 11.2. The van der Waals surface area contributed by atoms with Crippen molar-refractivity contribution in [2.45, 2.75) is 13.5 Å². The maximum absolute atomic E-state index is 13.0. The molecule has 3 aromatic carbocycles. The zero-order chi connectivity index (χ0) is 25.5. The number of carbonyl (C=O) groups excluding carboxylic acids is 2. The Morgan fingerprint density at radius 3 is 2.53 bits per heavy atom. The summed E-state index contributed by atoms with van der Waals surface area (Å²) in [6.45, 7) is 2.55. The molecule has 0 atom stereocenters. The third kappa shape index (κ3) is 6.46. The second-order valence-electron chi connectivity index (χ2n) is 7.68. The summed E-state index contributed by atoms with van der Waals surface area (Å²) in [6.07, 6.45) is 1.76. The van der Waals surface area contributed by atoms with Crippen molar-refractivity contribution in [2.75, 3.05) is 18.1 Å². The summed E-state index contributed by atoms with van der Waals surface area (Å²) in [6, 6.07) is 21.9. The number of nitrogens with zero attached hydrogens (tertiary/aromatic N) is 1. The minimum absolute atomic E-state index is 0.147. The van der Waals surface area contributed by atoms with Crippen LogP contribution < -0.4 is 19.7 Å². The Labute approximate surface area is 224 Å². The first-order valence-corrected chi connectivity index (χ1v) is 12.8. The minimum Gasteiger partial charge on any atom is -0.490 e. The van der Waals surface area contributed by atoms with Gasteiger partial charge in [-0.15, -0.1) is 0 Å². The van der Waals surface area contributed by atoms with E-state index in [0.717, 1.165) is 11.1 Å². The number of hydrogen-bond donors (Lipinski definition) is 1. The number of benzene rings is 3. The van der Waals surface area contributed by atoms with Crippen LogP contribution in [0.4, 0.5) is 5.69 Å². The van der Waals surface area contributed by atoms with Crippen LogP contribution in [0.15, 0.2) is 77.7 Å². The van der Waals surface area contributed by atoms with Crippen LogP contribution >= 0.6 is 35.6 Å². The Bertz CT molecular complexity index is 1300. The molecule has 1 saturated heterocycles. The molecule has 2 amide bonds. The monoisotopic (exact) mass is 538 g/mol. The molecule has 1 heterocycles. The molecular formula is C27H23ClN2O4S2. The topological polar surface area (TPSA) is 67.9 Å². The zero-order valence-corrected chi connectivity index (χ0v) is 21.8. The summed E-state index contributed by atoms with van der Waals surface area (Å²) in [7, 11) is 0. The predicted octanol–water partition coefficient (Wildman–Crippen LogP) is 5.84. The van der Waals surface area contributed by atoms with E-state index in [-0.39, 0.29) is 18.4 Å². The summed E-state index contributed by atoms with van der Waals surface area (Å²) < 4.78 is 11.9. The van der Waals surface area contributed by atoms with E-state index in [2.05, 4.69) is 5.32 Å². The smallest absolute Gasteiger partial charge is 0.270 e. The summed E-state index contributed by atoms with van der Waals surface area (Å²) in [4.78, 5) is 27.3. The molecule has 0 bridgehead atoms. The average Bonchev–Trinajstić information content (AvgIpc) is 3.16. The van der Waals surface area contributed by atoms with Crippen LogP contribution in [0.1, 0.15) is 18.1 Å². The molecule has 0 saturated carbocycles. The summed E-state index contributed by atoms with van der Waals surface area (Å²) in [5.41, 5.74) is 2.41. The van der Waals surface area contributed by atoms with Gasteiger partial charge in [0.25, 0.3) is 11.8 Å². The number of ether oxygens (including phenoxy) is 2. The Balaban J connectivity index is 1.44. The van der Waals surface area contributed by atoms with Gasteiger partial charge in [-0.3, -0.25) is 14.5 Å². The second-order valence-corrected chi connectivity index (χ2v) is 9.80. The number of nitrogens with one attached hydrogen (secondary N) is 1. The average molecular weight is 539 g/mol. The molecule has 36 heavy (non-hydrogen) atoms. The molecule has 0 spiro atoms. The third-order valence-electron chi connectivity index (χ3n) is 5.14. The standard InChI is InChI=1S/C27H23ClN2O4S2/c1-2-33-23-14-19(8-13-22(23)34-17-25(31)29-16-18-6-4-3-5-7-18)15-24-26(32)30(27(35)36-24)21-11-9-20(28)10-12-21/h3-15H,2,16-17H2,1H3,(H,29,31)/b24-15-. The predicted molar refractivity (Wildman–Crippen MR) is 148 cm³/mol. The molecule has 1 N–H and O–H groups in total. The van der Waals surface area contributed by atoms with E-state index in [9.17, 15) is 9.59 Å². The van der Waals surface area contributed by atoms with Crippen molar-refractivity contribution >= 4 is 63.5 Å². The van der Waals surface area contributed by atoms with Gasteiger partial charge in [0.05, 0.1) is 17.2 Å². The van der Waals surface area contributed by atoms with Gasteiger partial charge in [-0.25, -0.2) is 0 Å². The number of halogens is 1. The first-order chi connectivity index (χ1) is 17.4. The SMILES string of the molecule is CCOc1cc(/C=C2\SC(=S)N(c3ccc(Cl)cc3)C2=O)ccc1OCC(=O)NCc1ccccc1. The lowest BCUT2D eigenvalue weighted by atomic mass is 10.1. The van der Waals surface area contributed by atoms with Crippen LogP contribution in [0, 0.1) is 0 Å². The van der Waals surface area contributed by atoms with Gasteiger partial charge in [0.2, 0.25) is 0 Å². The molecule has 4 rings (SSSR count). The fourth-order valence-electron chi connectivity index (χ4n) is 3.42. The van der Waals surface area contributed by atoms with E-state index in [1.54, 1.807) is 48.5 Å². The van der Waals surface area contributed by atoms with Crippen LogP contribution in [-0.2, 0) is 16.1 Å². The largest absolute Gasteiger partial charge is 0.490 e. The molecule has 9 heteroatoms. The van der Waals surface area contributed by atoms with E-state index in [0.29, 0.717) is 44.6 Å². The third-order valence-corrected chi connectivity index (χ3v) is 6.69. The second kappa shape index (κ2) is 12.1. The number of carbonyl (C=O) groups is 2. The Hall–Kier alpha value is -3.33. The normalized spacial score (nSPS) is 14.3. The molecule has 0 radical (unpaired) electrons. The van der Waals surface area contributed by atoms with E-state index in [1.165, 1.54) is 16.7 Å². The number of hydrogen-bond acceptors (Lipinski definition) is 6.